The Morgan fingerprint density at radius 2 is 0.482 bits per heavy atom. The van der Waals surface area contributed by atoms with Crippen molar-refractivity contribution in [3.05, 3.63) is 122 Å². The zero-order chi connectivity index (χ0) is 59.9. The number of carbonyl (C=O) groups is 3. The molecule has 0 heterocycles. The molecule has 0 amide bonds. The molecule has 6 nitrogen and oxygen atoms in total. The minimum atomic E-state index is -0.796. The van der Waals surface area contributed by atoms with E-state index in [0.29, 0.717) is 19.3 Å². The molecule has 0 aliphatic rings. The fourth-order valence-corrected chi connectivity index (χ4v) is 9.67. The van der Waals surface area contributed by atoms with Gasteiger partial charge in [-0.05, 0) is 128 Å². The minimum absolute atomic E-state index is 0.0912. The molecular formula is C77H130O6. The maximum Gasteiger partial charge on any atom is 0.306 e. The summed E-state index contributed by atoms with van der Waals surface area (Å²) >= 11 is 0. The fourth-order valence-electron chi connectivity index (χ4n) is 9.67. The predicted molar refractivity (Wildman–Crippen MR) is 362 cm³/mol. The van der Waals surface area contributed by atoms with Crippen LogP contribution in [0.4, 0.5) is 0 Å². The van der Waals surface area contributed by atoms with Crippen LogP contribution in [0.15, 0.2) is 122 Å². The van der Waals surface area contributed by atoms with E-state index in [2.05, 4.69) is 142 Å². The van der Waals surface area contributed by atoms with Crippen molar-refractivity contribution < 1.29 is 28.6 Å². The van der Waals surface area contributed by atoms with Gasteiger partial charge in [0.15, 0.2) is 6.10 Å². The smallest absolute Gasteiger partial charge is 0.306 e. The Bertz CT molecular complexity index is 1700. The normalized spacial score (nSPS) is 12.9. The first kappa shape index (κ1) is 78.8. The van der Waals surface area contributed by atoms with E-state index >= 15 is 0 Å². The third-order valence-electron chi connectivity index (χ3n) is 14.9. The van der Waals surface area contributed by atoms with Crippen molar-refractivity contribution in [3.63, 3.8) is 0 Å². The van der Waals surface area contributed by atoms with Crippen LogP contribution >= 0.6 is 0 Å². The molecule has 0 radical (unpaired) electrons. The lowest BCUT2D eigenvalue weighted by Gasteiger charge is -2.18. The molecule has 0 rings (SSSR count). The van der Waals surface area contributed by atoms with Crippen LogP contribution in [0, 0.1) is 0 Å². The average molecular weight is 1150 g/mol. The van der Waals surface area contributed by atoms with Gasteiger partial charge in [0.1, 0.15) is 13.2 Å². The number of esters is 3. The van der Waals surface area contributed by atoms with Crippen LogP contribution in [-0.4, -0.2) is 37.2 Å². The molecule has 0 N–H and O–H groups in total. The first-order valence-corrected chi connectivity index (χ1v) is 35.0. The number of ether oxygens (including phenoxy) is 3. The van der Waals surface area contributed by atoms with Gasteiger partial charge in [0.2, 0.25) is 0 Å². The van der Waals surface area contributed by atoms with Crippen molar-refractivity contribution >= 4 is 17.9 Å². The van der Waals surface area contributed by atoms with Crippen molar-refractivity contribution in [2.45, 2.75) is 335 Å². The second-order valence-electron chi connectivity index (χ2n) is 23.1. The van der Waals surface area contributed by atoms with Crippen LogP contribution < -0.4 is 0 Å². The summed E-state index contributed by atoms with van der Waals surface area (Å²) in [4.78, 5) is 38.4. The van der Waals surface area contributed by atoms with E-state index in [4.69, 9.17) is 14.2 Å². The van der Waals surface area contributed by atoms with E-state index in [1.54, 1.807) is 0 Å². The second kappa shape index (κ2) is 70.3. The Morgan fingerprint density at radius 1 is 0.253 bits per heavy atom. The number of unbranched alkanes of at least 4 members (excludes halogenated alkanes) is 32. The molecule has 0 spiro atoms. The van der Waals surface area contributed by atoms with Gasteiger partial charge < -0.3 is 14.2 Å². The standard InChI is InChI=1S/C77H130O6/c1-4-7-10-13-16-19-22-24-26-28-30-32-34-36-37-38-39-41-42-44-46-48-50-52-55-58-61-64-67-70-76(79)82-73-74(72-81-75(78)69-66-63-60-57-54-21-18-15-12-9-6-3)83-77(80)71-68-65-62-59-56-53-51-49-47-45-43-40-35-33-31-29-27-25-23-20-17-14-11-8-5-2/h7,10,15-16,18-19,24,26,29-32,36-37,39,41,44,46,50,52,74H,4-6,8-9,11-14,17,20-23,25,27-28,33-35,38,40,42-43,45,47-49,51,53-73H2,1-3H3/b10-7-,18-15-,19-16-,26-24-,31-29-,32-30-,37-36-,41-39-,46-44-,52-50-. The first-order valence-electron chi connectivity index (χ1n) is 35.0. The highest BCUT2D eigenvalue weighted by Gasteiger charge is 2.19. The molecule has 0 aromatic rings. The Hall–Kier alpha value is -4.19. The van der Waals surface area contributed by atoms with Gasteiger partial charge in [-0.1, -0.05) is 303 Å². The largest absolute Gasteiger partial charge is 0.462 e. The lowest BCUT2D eigenvalue weighted by molar-refractivity contribution is -0.167. The molecule has 83 heavy (non-hydrogen) atoms. The van der Waals surface area contributed by atoms with E-state index in [1.165, 1.54) is 154 Å². The van der Waals surface area contributed by atoms with Crippen LogP contribution in [-0.2, 0) is 28.6 Å². The number of carbonyl (C=O) groups excluding carboxylic acids is 3. The third kappa shape index (κ3) is 68.5. The van der Waals surface area contributed by atoms with E-state index in [-0.39, 0.29) is 31.1 Å². The summed E-state index contributed by atoms with van der Waals surface area (Å²) in [5.74, 6) is -0.918. The first-order chi connectivity index (χ1) is 41.0. The van der Waals surface area contributed by atoms with Gasteiger partial charge in [-0.2, -0.15) is 0 Å². The summed E-state index contributed by atoms with van der Waals surface area (Å²) in [7, 11) is 0. The highest BCUT2D eigenvalue weighted by Crippen LogP contribution is 2.16. The van der Waals surface area contributed by atoms with Gasteiger partial charge >= 0.3 is 17.9 Å². The molecule has 6 heteroatoms. The Balaban J connectivity index is 4.31. The van der Waals surface area contributed by atoms with E-state index in [9.17, 15) is 14.4 Å². The van der Waals surface area contributed by atoms with Crippen molar-refractivity contribution in [1.29, 1.82) is 0 Å². The SMILES string of the molecule is CC/C=C\C/C=C\C/C=C\C/C=C\C/C=C\C/C=C\C/C=C\C/C=C\CCCCCCC(=O)OCC(COC(=O)CCCCCCC/C=C\CCCC)OC(=O)CCCCCCCCCCCCCCC/C=C\CCCCCCCCCC. The van der Waals surface area contributed by atoms with Crippen molar-refractivity contribution in [2.24, 2.45) is 0 Å². The third-order valence-corrected chi connectivity index (χ3v) is 14.9. The number of allylic oxidation sites excluding steroid dienone is 20. The van der Waals surface area contributed by atoms with Crippen molar-refractivity contribution in [3.8, 4) is 0 Å². The molecule has 1 unspecified atom stereocenters. The zero-order valence-electron chi connectivity index (χ0n) is 54.4. The monoisotopic (exact) mass is 1150 g/mol. The van der Waals surface area contributed by atoms with Crippen LogP contribution in [0.5, 0.6) is 0 Å². The number of rotatable bonds is 63. The minimum Gasteiger partial charge on any atom is -0.462 e. The van der Waals surface area contributed by atoms with Gasteiger partial charge in [0, 0.05) is 19.3 Å². The average Bonchev–Trinajstić information content (AvgIpc) is 3.48. The van der Waals surface area contributed by atoms with Crippen LogP contribution in [0.1, 0.15) is 329 Å². The van der Waals surface area contributed by atoms with Gasteiger partial charge in [0.05, 0.1) is 0 Å². The molecule has 0 saturated carbocycles. The van der Waals surface area contributed by atoms with Gasteiger partial charge in [-0.3, -0.25) is 14.4 Å². The Labute approximate surface area is 513 Å². The van der Waals surface area contributed by atoms with Gasteiger partial charge in [0.25, 0.3) is 0 Å². The number of hydrogen-bond donors (Lipinski definition) is 0. The predicted octanol–water partition coefficient (Wildman–Crippen LogP) is 24.3. The molecule has 1 atom stereocenters. The maximum absolute atomic E-state index is 12.9. The van der Waals surface area contributed by atoms with E-state index < -0.39 is 6.10 Å². The molecule has 0 aromatic heterocycles. The maximum atomic E-state index is 12.9. The second-order valence-corrected chi connectivity index (χ2v) is 23.1. The summed E-state index contributed by atoms with van der Waals surface area (Å²) < 4.78 is 16.9. The fraction of sp³-hybridized carbons (Fsp3) is 0.701. The summed E-state index contributed by atoms with van der Waals surface area (Å²) in [6.45, 7) is 6.48. The quantitative estimate of drug-likeness (QED) is 0.0261. The van der Waals surface area contributed by atoms with Gasteiger partial charge in [-0.25, -0.2) is 0 Å². The summed E-state index contributed by atoms with van der Waals surface area (Å²) in [5.41, 5.74) is 0. The lowest BCUT2D eigenvalue weighted by Crippen LogP contribution is -2.30. The Morgan fingerprint density at radius 3 is 0.783 bits per heavy atom. The lowest BCUT2D eigenvalue weighted by atomic mass is 10.0. The summed E-state index contributed by atoms with van der Waals surface area (Å²) in [6, 6.07) is 0. The van der Waals surface area contributed by atoms with E-state index in [0.717, 1.165) is 135 Å². The summed E-state index contributed by atoms with van der Waals surface area (Å²) in [6.07, 6.45) is 98.0. The highest BCUT2D eigenvalue weighted by molar-refractivity contribution is 5.71. The highest BCUT2D eigenvalue weighted by atomic mass is 16.6. The zero-order valence-corrected chi connectivity index (χ0v) is 54.4. The molecular weight excluding hydrogens is 1020 g/mol. The van der Waals surface area contributed by atoms with E-state index in [1.807, 2.05) is 0 Å². The molecule has 0 fully saturated rings. The molecule has 0 saturated heterocycles. The molecule has 0 aliphatic heterocycles. The summed E-state index contributed by atoms with van der Waals surface area (Å²) in [5, 5.41) is 0. The van der Waals surface area contributed by atoms with Crippen LogP contribution in [0.2, 0.25) is 0 Å². The molecule has 0 aromatic carbocycles. The molecule has 0 bridgehead atoms. The Kier molecular flexibility index (Phi) is 66.7. The number of hydrogen-bond acceptors (Lipinski definition) is 6. The topological polar surface area (TPSA) is 78.9 Å². The van der Waals surface area contributed by atoms with Crippen LogP contribution in [0.25, 0.3) is 0 Å². The molecule has 474 valence electrons. The van der Waals surface area contributed by atoms with Gasteiger partial charge in [-0.15, -0.1) is 0 Å². The van der Waals surface area contributed by atoms with Crippen molar-refractivity contribution in [1.82, 2.24) is 0 Å². The van der Waals surface area contributed by atoms with Crippen molar-refractivity contribution in [2.75, 3.05) is 13.2 Å². The van der Waals surface area contributed by atoms with Crippen LogP contribution in [0.3, 0.4) is 0 Å². The molecule has 0 aliphatic carbocycles.